The Kier molecular flexibility index (Phi) is 5.56. The first kappa shape index (κ1) is 18.0. The first-order valence-electron chi connectivity index (χ1n) is 8.91. The minimum Gasteiger partial charge on any atom is -0.508 e. The van der Waals surface area contributed by atoms with E-state index >= 15 is 0 Å². The monoisotopic (exact) mass is 352 g/mol. The molecule has 2 aromatic rings. The van der Waals surface area contributed by atoms with Crippen LogP contribution >= 0.6 is 0 Å². The Bertz CT molecular complexity index is 776. The smallest absolute Gasteiger partial charge is 0.227 e. The summed E-state index contributed by atoms with van der Waals surface area (Å²) >= 11 is 0. The summed E-state index contributed by atoms with van der Waals surface area (Å²) in [6.45, 7) is 3.57. The van der Waals surface area contributed by atoms with Crippen LogP contribution in [0, 0.1) is 5.92 Å². The SMILES string of the molecule is CC(C(=O)NCC1CC(=O)N(Cc2ccccc2)C1)c1cccc(O)c1. The molecule has 2 amide bonds. The molecule has 1 saturated heterocycles. The number of carbonyl (C=O) groups excluding carboxylic acids is 2. The molecule has 0 spiro atoms. The van der Waals surface area contributed by atoms with Gasteiger partial charge in [0.1, 0.15) is 5.75 Å². The minimum absolute atomic E-state index is 0.0930. The van der Waals surface area contributed by atoms with Crippen molar-refractivity contribution >= 4 is 11.8 Å². The molecule has 26 heavy (non-hydrogen) atoms. The zero-order chi connectivity index (χ0) is 18.5. The predicted molar refractivity (Wildman–Crippen MR) is 99.5 cm³/mol. The number of aromatic hydroxyl groups is 1. The van der Waals surface area contributed by atoms with Gasteiger partial charge in [0.2, 0.25) is 11.8 Å². The van der Waals surface area contributed by atoms with E-state index in [1.807, 2.05) is 48.2 Å². The van der Waals surface area contributed by atoms with Gasteiger partial charge in [-0.2, -0.15) is 0 Å². The molecule has 2 atom stereocenters. The van der Waals surface area contributed by atoms with E-state index in [0.29, 0.717) is 26.1 Å². The van der Waals surface area contributed by atoms with Gasteiger partial charge in [-0.1, -0.05) is 42.5 Å². The summed E-state index contributed by atoms with van der Waals surface area (Å²) in [7, 11) is 0. The molecule has 5 nitrogen and oxygen atoms in total. The normalized spacial score (nSPS) is 18.0. The zero-order valence-electron chi connectivity index (χ0n) is 14.9. The van der Waals surface area contributed by atoms with E-state index in [1.165, 1.54) is 0 Å². The van der Waals surface area contributed by atoms with Gasteiger partial charge in [0.15, 0.2) is 0 Å². The van der Waals surface area contributed by atoms with Crippen molar-refractivity contribution in [3.63, 3.8) is 0 Å². The summed E-state index contributed by atoms with van der Waals surface area (Å²) in [5.41, 5.74) is 1.89. The largest absolute Gasteiger partial charge is 0.508 e. The molecule has 1 aliphatic heterocycles. The Morgan fingerprint density at radius 3 is 2.73 bits per heavy atom. The third-order valence-corrected chi connectivity index (χ3v) is 4.84. The molecule has 136 valence electrons. The molecule has 0 saturated carbocycles. The van der Waals surface area contributed by atoms with Gasteiger partial charge in [-0.15, -0.1) is 0 Å². The van der Waals surface area contributed by atoms with Crippen LogP contribution < -0.4 is 5.32 Å². The molecular formula is C21H24N2O3. The highest BCUT2D eigenvalue weighted by atomic mass is 16.3. The van der Waals surface area contributed by atoms with Crippen molar-refractivity contribution in [1.82, 2.24) is 10.2 Å². The number of amides is 2. The fourth-order valence-corrected chi connectivity index (χ4v) is 3.29. The highest BCUT2D eigenvalue weighted by molar-refractivity contribution is 5.83. The number of carbonyl (C=O) groups is 2. The highest BCUT2D eigenvalue weighted by Gasteiger charge is 2.30. The summed E-state index contributed by atoms with van der Waals surface area (Å²) in [5, 5.41) is 12.5. The van der Waals surface area contributed by atoms with Crippen molar-refractivity contribution in [2.24, 2.45) is 5.92 Å². The van der Waals surface area contributed by atoms with Crippen LogP contribution in [0.4, 0.5) is 0 Å². The lowest BCUT2D eigenvalue weighted by Gasteiger charge is -2.18. The van der Waals surface area contributed by atoms with Gasteiger partial charge >= 0.3 is 0 Å². The standard InChI is InChI=1S/C21H24N2O3/c1-15(18-8-5-9-19(24)11-18)21(26)22-12-17-10-20(25)23(14-17)13-16-6-3-2-4-7-16/h2-9,11,15,17,24H,10,12-14H2,1H3,(H,22,26). The lowest BCUT2D eigenvalue weighted by Crippen LogP contribution is -2.33. The van der Waals surface area contributed by atoms with Crippen molar-refractivity contribution in [3.05, 3.63) is 65.7 Å². The molecule has 1 fully saturated rings. The molecule has 0 radical (unpaired) electrons. The molecule has 0 bridgehead atoms. The van der Waals surface area contributed by atoms with E-state index < -0.39 is 0 Å². The first-order chi connectivity index (χ1) is 12.5. The van der Waals surface area contributed by atoms with E-state index in [0.717, 1.165) is 11.1 Å². The molecule has 5 heteroatoms. The van der Waals surface area contributed by atoms with Crippen LogP contribution in [-0.4, -0.2) is 34.9 Å². The summed E-state index contributed by atoms with van der Waals surface area (Å²) in [4.78, 5) is 26.4. The van der Waals surface area contributed by atoms with E-state index in [4.69, 9.17) is 0 Å². The Labute approximate surface area is 153 Å². The minimum atomic E-state index is -0.348. The maximum Gasteiger partial charge on any atom is 0.227 e. The quantitative estimate of drug-likeness (QED) is 0.840. The average Bonchev–Trinajstić information content (AvgIpc) is 2.99. The maximum absolute atomic E-state index is 12.4. The number of benzene rings is 2. The maximum atomic E-state index is 12.4. The van der Waals surface area contributed by atoms with E-state index in [1.54, 1.807) is 18.2 Å². The van der Waals surface area contributed by atoms with Gasteiger partial charge in [-0.3, -0.25) is 9.59 Å². The van der Waals surface area contributed by atoms with Gasteiger partial charge < -0.3 is 15.3 Å². The molecule has 3 rings (SSSR count). The zero-order valence-corrected chi connectivity index (χ0v) is 14.9. The van der Waals surface area contributed by atoms with Crippen LogP contribution in [0.25, 0.3) is 0 Å². The van der Waals surface area contributed by atoms with Crippen LogP contribution in [0.5, 0.6) is 5.75 Å². The van der Waals surface area contributed by atoms with Gasteiger partial charge in [0.25, 0.3) is 0 Å². The lowest BCUT2D eigenvalue weighted by molar-refractivity contribution is -0.128. The number of likely N-dealkylation sites (tertiary alicyclic amines) is 1. The van der Waals surface area contributed by atoms with Crippen molar-refractivity contribution in [1.29, 1.82) is 0 Å². The summed E-state index contributed by atoms with van der Waals surface area (Å²) in [5.74, 6) is -0.0232. The predicted octanol–water partition coefficient (Wildman–Crippen LogP) is 2.66. The number of rotatable bonds is 6. The molecule has 1 heterocycles. The van der Waals surface area contributed by atoms with E-state index in [2.05, 4.69) is 5.32 Å². The fraction of sp³-hybridized carbons (Fsp3) is 0.333. The number of nitrogens with one attached hydrogen (secondary N) is 1. The van der Waals surface area contributed by atoms with Gasteiger partial charge in [-0.05, 0) is 30.2 Å². The number of hydrogen-bond acceptors (Lipinski definition) is 3. The molecule has 0 aliphatic carbocycles. The van der Waals surface area contributed by atoms with E-state index in [-0.39, 0.29) is 29.4 Å². The van der Waals surface area contributed by atoms with Gasteiger partial charge in [0, 0.05) is 32.0 Å². The first-order valence-corrected chi connectivity index (χ1v) is 8.91. The van der Waals surface area contributed by atoms with Crippen LogP contribution in [0.1, 0.15) is 30.4 Å². The topological polar surface area (TPSA) is 69.6 Å². The number of phenols is 1. The van der Waals surface area contributed by atoms with Crippen molar-refractivity contribution in [2.75, 3.05) is 13.1 Å². The third-order valence-electron chi connectivity index (χ3n) is 4.84. The van der Waals surface area contributed by atoms with E-state index in [9.17, 15) is 14.7 Å². The van der Waals surface area contributed by atoms with Crippen LogP contribution in [0.15, 0.2) is 54.6 Å². The third kappa shape index (κ3) is 4.42. The lowest BCUT2D eigenvalue weighted by atomic mass is 9.99. The Balaban J connectivity index is 1.50. The number of hydrogen-bond donors (Lipinski definition) is 2. The second-order valence-corrected chi connectivity index (χ2v) is 6.89. The summed E-state index contributed by atoms with van der Waals surface area (Å²) in [6.07, 6.45) is 0.466. The van der Waals surface area contributed by atoms with Gasteiger partial charge in [0.05, 0.1) is 5.92 Å². The molecule has 0 aromatic heterocycles. The van der Waals surface area contributed by atoms with Crippen LogP contribution in [0.3, 0.4) is 0 Å². The summed E-state index contributed by atoms with van der Waals surface area (Å²) in [6, 6.07) is 16.7. The van der Waals surface area contributed by atoms with Crippen molar-refractivity contribution in [3.8, 4) is 5.75 Å². The second-order valence-electron chi connectivity index (χ2n) is 6.89. The molecule has 2 N–H and O–H groups in total. The number of phenolic OH excluding ortho intramolecular Hbond substituents is 1. The van der Waals surface area contributed by atoms with Crippen LogP contribution in [0.2, 0.25) is 0 Å². The van der Waals surface area contributed by atoms with Crippen molar-refractivity contribution in [2.45, 2.75) is 25.8 Å². The average molecular weight is 352 g/mol. The van der Waals surface area contributed by atoms with Crippen molar-refractivity contribution < 1.29 is 14.7 Å². The Morgan fingerprint density at radius 2 is 2.00 bits per heavy atom. The molecule has 1 aliphatic rings. The molecule has 2 unspecified atom stereocenters. The fourth-order valence-electron chi connectivity index (χ4n) is 3.29. The van der Waals surface area contributed by atoms with Crippen LogP contribution in [-0.2, 0) is 16.1 Å². The Hall–Kier alpha value is -2.82. The summed E-state index contributed by atoms with van der Waals surface area (Å²) < 4.78 is 0. The Morgan fingerprint density at radius 1 is 1.23 bits per heavy atom. The van der Waals surface area contributed by atoms with Gasteiger partial charge in [-0.25, -0.2) is 0 Å². The highest BCUT2D eigenvalue weighted by Crippen LogP contribution is 2.22. The number of nitrogens with zero attached hydrogens (tertiary/aromatic N) is 1. The molecular weight excluding hydrogens is 328 g/mol. The second kappa shape index (κ2) is 8.04. The molecule has 2 aromatic carbocycles.